The minimum absolute atomic E-state index is 0.205. The summed E-state index contributed by atoms with van der Waals surface area (Å²) < 4.78 is 16.4. The number of nitrogens with one attached hydrogen (secondary N) is 2. The molecule has 0 aromatic heterocycles. The topological polar surface area (TPSA) is 115 Å². The Morgan fingerprint density at radius 3 is 2.43 bits per heavy atom. The summed E-state index contributed by atoms with van der Waals surface area (Å²) in [6.45, 7) is 2.70. The minimum Gasteiger partial charge on any atom is -0.494 e. The molecule has 37 heavy (non-hydrogen) atoms. The summed E-state index contributed by atoms with van der Waals surface area (Å²) in [5.41, 5.74) is 3.32. The lowest BCUT2D eigenvalue weighted by Crippen LogP contribution is -2.32. The highest BCUT2D eigenvalue weighted by molar-refractivity contribution is 6.41. The van der Waals surface area contributed by atoms with Gasteiger partial charge in [0, 0.05) is 0 Å². The van der Waals surface area contributed by atoms with Crippen LogP contribution in [0.4, 0.5) is 5.69 Å². The molecule has 3 rings (SSSR count). The Hall–Kier alpha value is -4.37. The number of methoxy groups -OCH3 is 1. The van der Waals surface area contributed by atoms with Gasteiger partial charge in [-0.2, -0.15) is 5.10 Å². The zero-order valence-electron chi connectivity index (χ0n) is 20.3. The van der Waals surface area contributed by atoms with Crippen LogP contribution in [0.3, 0.4) is 0 Å². The molecule has 0 saturated carbocycles. The fourth-order valence-electron chi connectivity index (χ4n) is 2.99. The molecule has 2 N–H and O–H groups in total. The predicted octanol–water partition coefficient (Wildman–Crippen LogP) is 4.84. The molecule has 0 aliphatic rings. The van der Waals surface area contributed by atoms with Crippen molar-refractivity contribution < 1.29 is 28.6 Å². The molecule has 2 amide bonds. The van der Waals surface area contributed by atoms with Crippen molar-refractivity contribution in [3.05, 3.63) is 82.9 Å². The second kappa shape index (κ2) is 13.6. The first-order valence-corrected chi connectivity index (χ1v) is 11.8. The summed E-state index contributed by atoms with van der Waals surface area (Å²) in [5.74, 6) is -1.30. The van der Waals surface area contributed by atoms with Crippen LogP contribution >= 0.6 is 11.6 Å². The quantitative estimate of drug-likeness (QED) is 0.0981. The molecule has 0 unspecified atom stereocenters. The molecule has 0 aliphatic carbocycles. The van der Waals surface area contributed by atoms with Gasteiger partial charge in [0.15, 0.2) is 11.5 Å². The van der Waals surface area contributed by atoms with Crippen LogP contribution in [0.15, 0.2) is 71.8 Å². The standard InChI is InChI=1S/C27H26ClN3O6/c1-3-4-15-36-20-12-10-19(11-13-20)27(34)37-23-14-9-18(16-24(23)35-2)17-29-31-26(33)25(32)30-22-8-6-5-7-21(22)28/h5-14,16-17H,3-4,15H2,1-2H3,(H,30,32)(H,31,33)/b29-17-. The molecule has 3 aromatic rings. The first kappa shape index (κ1) is 27.2. The largest absolute Gasteiger partial charge is 0.494 e. The maximum atomic E-state index is 12.6. The van der Waals surface area contributed by atoms with Crippen molar-refractivity contribution in [2.75, 3.05) is 19.0 Å². The van der Waals surface area contributed by atoms with Gasteiger partial charge in [0.1, 0.15) is 5.75 Å². The van der Waals surface area contributed by atoms with Crippen LogP contribution in [0, 0.1) is 0 Å². The minimum atomic E-state index is -0.976. The summed E-state index contributed by atoms with van der Waals surface area (Å²) in [7, 11) is 1.43. The van der Waals surface area contributed by atoms with E-state index in [4.69, 9.17) is 25.8 Å². The van der Waals surface area contributed by atoms with E-state index >= 15 is 0 Å². The van der Waals surface area contributed by atoms with Crippen molar-refractivity contribution >= 4 is 41.3 Å². The summed E-state index contributed by atoms with van der Waals surface area (Å²) in [6.07, 6.45) is 3.30. The fraction of sp³-hybridized carbons (Fsp3) is 0.185. The van der Waals surface area contributed by atoms with Crippen LogP contribution < -0.4 is 25.0 Å². The third-order valence-corrected chi connectivity index (χ3v) is 5.28. The molecule has 0 saturated heterocycles. The molecule has 0 atom stereocenters. The molecule has 3 aromatic carbocycles. The van der Waals surface area contributed by atoms with Crippen molar-refractivity contribution in [3.63, 3.8) is 0 Å². The number of hydrazone groups is 1. The monoisotopic (exact) mass is 523 g/mol. The van der Waals surface area contributed by atoms with Crippen LogP contribution in [0.1, 0.15) is 35.7 Å². The molecule has 10 heteroatoms. The van der Waals surface area contributed by atoms with E-state index in [0.29, 0.717) is 34.2 Å². The number of para-hydroxylation sites is 1. The van der Waals surface area contributed by atoms with Gasteiger partial charge < -0.3 is 19.5 Å². The first-order chi connectivity index (χ1) is 17.9. The van der Waals surface area contributed by atoms with Crippen molar-refractivity contribution in [2.45, 2.75) is 19.8 Å². The maximum Gasteiger partial charge on any atom is 0.343 e. The number of ether oxygens (including phenoxy) is 3. The van der Waals surface area contributed by atoms with Crippen LogP contribution in [0.2, 0.25) is 5.02 Å². The molecule has 0 bridgehead atoms. The molecule has 0 heterocycles. The Morgan fingerprint density at radius 1 is 0.973 bits per heavy atom. The lowest BCUT2D eigenvalue weighted by atomic mass is 10.2. The van der Waals surface area contributed by atoms with E-state index in [1.165, 1.54) is 19.4 Å². The Bertz CT molecular complexity index is 1280. The molecular formula is C27H26ClN3O6. The number of carbonyl (C=O) groups is 3. The molecule has 192 valence electrons. The van der Waals surface area contributed by atoms with Crippen molar-refractivity contribution in [1.82, 2.24) is 5.43 Å². The zero-order chi connectivity index (χ0) is 26.6. The SMILES string of the molecule is CCCCOc1ccc(C(=O)Oc2ccc(/C=N\NC(=O)C(=O)Nc3ccccc3Cl)cc2OC)cc1. The second-order valence-electron chi connectivity index (χ2n) is 7.66. The van der Waals surface area contributed by atoms with Gasteiger partial charge in [-0.25, -0.2) is 10.2 Å². The normalized spacial score (nSPS) is 10.6. The van der Waals surface area contributed by atoms with Crippen LogP contribution in [0.5, 0.6) is 17.2 Å². The van der Waals surface area contributed by atoms with E-state index in [1.54, 1.807) is 60.7 Å². The number of unbranched alkanes of at least 4 members (excludes halogenated alkanes) is 1. The van der Waals surface area contributed by atoms with E-state index in [2.05, 4.69) is 22.8 Å². The van der Waals surface area contributed by atoms with Gasteiger partial charge in [0.2, 0.25) is 0 Å². The highest BCUT2D eigenvalue weighted by Gasteiger charge is 2.15. The number of amides is 2. The van der Waals surface area contributed by atoms with Gasteiger partial charge >= 0.3 is 17.8 Å². The summed E-state index contributed by atoms with van der Waals surface area (Å²) >= 11 is 5.97. The predicted molar refractivity (Wildman–Crippen MR) is 141 cm³/mol. The number of rotatable bonds is 10. The Labute approximate surface area is 219 Å². The zero-order valence-corrected chi connectivity index (χ0v) is 21.1. The van der Waals surface area contributed by atoms with E-state index < -0.39 is 17.8 Å². The van der Waals surface area contributed by atoms with E-state index in [9.17, 15) is 14.4 Å². The first-order valence-electron chi connectivity index (χ1n) is 11.4. The van der Waals surface area contributed by atoms with Crippen LogP contribution in [0.25, 0.3) is 0 Å². The van der Waals surface area contributed by atoms with E-state index in [1.807, 2.05) is 0 Å². The summed E-state index contributed by atoms with van der Waals surface area (Å²) in [4.78, 5) is 36.6. The number of hydrogen-bond donors (Lipinski definition) is 2. The number of benzene rings is 3. The molecule has 0 radical (unpaired) electrons. The van der Waals surface area contributed by atoms with Gasteiger partial charge in [0.25, 0.3) is 0 Å². The molecule has 0 fully saturated rings. The van der Waals surface area contributed by atoms with Gasteiger partial charge in [-0.3, -0.25) is 9.59 Å². The average Bonchev–Trinajstić information content (AvgIpc) is 2.91. The van der Waals surface area contributed by atoms with Gasteiger partial charge in [0.05, 0.1) is 36.2 Å². The van der Waals surface area contributed by atoms with E-state index in [-0.39, 0.29) is 11.5 Å². The number of carbonyl (C=O) groups excluding carboxylic acids is 3. The van der Waals surface area contributed by atoms with Gasteiger partial charge in [-0.15, -0.1) is 0 Å². The lowest BCUT2D eigenvalue weighted by molar-refractivity contribution is -0.136. The highest BCUT2D eigenvalue weighted by atomic mass is 35.5. The molecule has 0 spiro atoms. The third-order valence-electron chi connectivity index (χ3n) is 4.95. The number of halogens is 1. The van der Waals surface area contributed by atoms with Crippen molar-refractivity contribution in [2.24, 2.45) is 5.10 Å². The van der Waals surface area contributed by atoms with Gasteiger partial charge in [-0.05, 0) is 66.6 Å². The third kappa shape index (κ3) is 8.08. The molecule has 0 aliphatic heterocycles. The number of anilines is 1. The number of esters is 1. The van der Waals surface area contributed by atoms with Crippen LogP contribution in [-0.2, 0) is 9.59 Å². The summed E-state index contributed by atoms with van der Waals surface area (Å²) in [5, 5.41) is 6.48. The lowest BCUT2D eigenvalue weighted by Gasteiger charge is -2.10. The fourth-order valence-corrected chi connectivity index (χ4v) is 3.17. The number of nitrogens with zero attached hydrogens (tertiary/aromatic N) is 1. The Kier molecular flexibility index (Phi) is 10.0. The van der Waals surface area contributed by atoms with E-state index in [0.717, 1.165) is 12.8 Å². The smallest absolute Gasteiger partial charge is 0.343 e. The Morgan fingerprint density at radius 2 is 1.73 bits per heavy atom. The Balaban J connectivity index is 1.57. The van der Waals surface area contributed by atoms with Gasteiger partial charge in [-0.1, -0.05) is 37.1 Å². The maximum absolute atomic E-state index is 12.6. The molecular weight excluding hydrogens is 498 g/mol. The average molecular weight is 524 g/mol. The van der Waals surface area contributed by atoms with Crippen molar-refractivity contribution in [1.29, 1.82) is 0 Å². The number of hydrogen-bond acceptors (Lipinski definition) is 7. The van der Waals surface area contributed by atoms with Crippen LogP contribution in [-0.4, -0.2) is 37.7 Å². The van der Waals surface area contributed by atoms with Crippen molar-refractivity contribution in [3.8, 4) is 17.2 Å². The second-order valence-corrected chi connectivity index (χ2v) is 8.07. The highest BCUT2D eigenvalue weighted by Crippen LogP contribution is 2.28. The molecule has 9 nitrogen and oxygen atoms in total. The summed E-state index contributed by atoms with van der Waals surface area (Å²) in [6, 6.07) is 17.9.